The first kappa shape index (κ1) is 12.5. The highest BCUT2D eigenvalue weighted by Crippen LogP contribution is 2.10. The van der Waals surface area contributed by atoms with Gasteiger partial charge in [0.05, 0.1) is 0 Å². The van der Waals surface area contributed by atoms with E-state index in [9.17, 15) is 4.79 Å². The van der Waals surface area contributed by atoms with Gasteiger partial charge in [0.25, 0.3) is 0 Å². The molecular formula is C11H23NO. The molecule has 0 aromatic carbocycles. The number of rotatable bonds is 5. The van der Waals surface area contributed by atoms with Crippen LogP contribution in [0.1, 0.15) is 47.0 Å². The third kappa shape index (κ3) is 4.30. The van der Waals surface area contributed by atoms with E-state index in [1.54, 1.807) is 0 Å². The maximum absolute atomic E-state index is 11.6. The number of nitrogens with zero attached hydrogens (tertiary/aromatic N) is 1. The monoisotopic (exact) mass is 185 g/mol. The fraction of sp³-hybridized carbons (Fsp3) is 0.909. The van der Waals surface area contributed by atoms with Crippen molar-refractivity contribution in [3.63, 3.8) is 0 Å². The summed E-state index contributed by atoms with van der Waals surface area (Å²) in [7, 11) is 1.92. The van der Waals surface area contributed by atoms with Gasteiger partial charge in [0, 0.05) is 19.5 Å². The molecule has 78 valence electrons. The number of hydrogen-bond donors (Lipinski definition) is 0. The van der Waals surface area contributed by atoms with Crippen molar-refractivity contribution in [3.8, 4) is 0 Å². The van der Waals surface area contributed by atoms with E-state index in [1.165, 1.54) is 0 Å². The number of amides is 1. The van der Waals surface area contributed by atoms with Crippen LogP contribution in [0.5, 0.6) is 0 Å². The maximum atomic E-state index is 11.6. The predicted octanol–water partition coefficient (Wildman–Crippen LogP) is 2.68. The van der Waals surface area contributed by atoms with Gasteiger partial charge < -0.3 is 4.90 Å². The van der Waals surface area contributed by atoms with E-state index in [-0.39, 0.29) is 5.91 Å². The molecule has 0 aliphatic heterocycles. The molecule has 0 aromatic heterocycles. The Kier molecular flexibility index (Phi) is 5.76. The molecule has 0 radical (unpaired) electrons. The van der Waals surface area contributed by atoms with Crippen molar-refractivity contribution < 1.29 is 4.79 Å². The SMILES string of the molecule is CCC(CC)N(C)C(=O)CC(C)C. The number of hydrogen-bond acceptors (Lipinski definition) is 1. The summed E-state index contributed by atoms with van der Waals surface area (Å²) < 4.78 is 0. The van der Waals surface area contributed by atoms with E-state index in [1.807, 2.05) is 11.9 Å². The first-order valence-corrected chi connectivity index (χ1v) is 5.28. The summed E-state index contributed by atoms with van der Waals surface area (Å²) in [6, 6.07) is 0.422. The van der Waals surface area contributed by atoms with Crippen LogP contribution in [0.3, 0.4) is 0 Å². The molecule has 0 rings (SSSR count). The van der Waals surface area contributed by atoms with Gasteiger partial charge in [-0.3, -0.25) is 4.79 Å². The van der Waals surface area contributed by atoms with Gasteiger partial charge in [-0.1, -0.05) is 27.7 Å². The van der Waals surface area contributed by atoms with Gasteiger partial charge in [-0.15, -0.1) is 0 Å². The molecular weight excluding hydrogens is 162 g/mol. The highest BCUT2D eigenvalue weighted by Gasteiger charge is 2.16. The molecule has 0 atom stereocenters. The van der Waals surface area contributed by atoms with Crippen LogP contribution in [0.25, 0.3) is 0 Å². The minimum Gasteiger partial charge on any atom is -0.343 e. The summed E-state index contributed by atoms with van der Waals surface area (Å²) in [6.45, 7) is 8.43. The zero-order chi connectivity index (χ0) is 10.4. The minimum absolute atomic E-state index is 0.281. The molecule has 0 saturated heterocycles. The average molecular weight is 185 g/mol. The maximum Gasteiger partial charge on any atom is 0.222 e. The first-order valence-electron chi connectivity index (χ1n) is 5.28. The third-order valence-corrected chi connectivity index (χ3v) is 2.47. The molecule has 0 saturated carbocycles. The zero-order valence-corrected chi connectivity index (χ0v) is 9.63. The Labute approximate surface area is 82.3 Å². The molecule has 0 fully saturated rings. The number of carbonyl (C=O) groups excluding carboxylic acids is 1. The van der Waals surface area contributed by atoms with Crippen molar-refractivity contribution in [1.29, 1.82) is 0 Å². The Morgan fingerprint density at radius 1 is 1.23 bits per heavy atom. The molecule has 0 N–H and O–H groups in total. The van der Waals surface area contributed by atoms with Crippen LogP contribution in [0, 0.1) is 5.92 Å². The summed E-state index contributed by atoms with van der Waals surface area (Å²) in [4.78, 5) is 13.5. The van der Waals surface area contributed by atoms with E-state index < -0.39 is 0 Å². The molecule has 0 aliphatic rings. The molecule has 0 heterocycles. The van der Waals surface area contributed by atoms with Crippen LogP contribution < -0.4 is 0 Å². The lowest BCUT2D eigenvalue weighted by Gasteiger charge is -2.26. The zero-order valence-electron chi connectivity index (χ0n) is 9.63. The van der Waals surface area contributed by atoms with Crippen molar-refractivity contribution in [2.75, 3.05) is 7.05 Å². The third-order valence-electron chi connectivity index (χ3n) is 2.47. The molecule has 0 aromatic rings. The summed E-state index contributed by atoms with van der Waals surface area (Å²) in [5, 5.41) is 0. The lowest BCUT2D eigenvalue weighted by atomic mass is 10.1. The van der Waals surface area contributed by atoms with Crippen LogP contribution in [0.2, 0.25) is 0 Å². The fourth-order valence-corrected chi connectivity index (χ4v) is 1.53. The van der Waals surface area contributed by atoms with E-state index in [2.05, 4.69) is 27.7 Å². The average Bonchev–Trinajstić information content (AvgIpc) is 2.05. The topological polar surface area (TPSA) is 20.3 Å². The van der Waals surface area contributed by atoms with Gasteiger partial charge in [0.1, 0.15) is 0 Å². The highest BCUT2D eigenvalue weighted by atomic mass is 16.2. The quantitative estimate of drug-likeness (QED) is 0.645. The van der Waals surface area contributed by atoms with E-state index in [0.29, 0.717) is 18.4 Å². The minimum atomic E-state index is 0.281. The van der Waals surface area contributed by atoms with Crippen LogP contribution in [0.15, 0.2) is 0 Å². The Hall–Kier alpha value is -0.530. The van der Waals surface area contributed by atoms with Gasteiger partial charge in [-0.2, -0.15) is 0 Å². The Bertz CT molecular complexity index is 150. The summed E-state index contributed by atoms with van der Waals surface area (Å²) in [6.07, 6.45) is 2.78. The lowest BCUT2D eigenvalue weighted by Crippen LogP contribution is -2.36. The largest absolute Gasteiger partial charge is 0.343 e. The second kappa shape index (κ2) is 6.01. The van der Waals surface area contributed by atoms with Gasteiger partial charge in [0.2, 0.25) is 5.91 Å². The van der Waals surface area contributed by atoms with Crippen molar-refractivity contribution in [1.82, 2.24) is 4.90 Å². The summed E-state index contributed by atoms with van der Waals surface area (Å²) >= 11 is 0. The van der Waals surface area contributed by atoms with E-state index in [4.69, 9.17) is 0 Å². The van der Waals surface area contributed by atoms with Gasteiger partial charge in [-0.05, 0) is 18.8 Å². The highest BCUT2D eigenvalue weighted by molar-refractivity contribution is 5.76. The van der Waals surface area contributed by atoms with Crippen LogP contribution >= 0.6 is 0 Å². The molecule has 1 amide bonds. The normalized spacial score (nSPS) is 11.0. The van der Waals surface area contributed by atoms with Crippen LogP contribution in [-0.4, -0.2) is 23.9 Å². The smallest absolute Gasteiger partial charge is 0.222 e. The van der Waals surface area contributed by atoms with Crippen molar-refractivity contribution in [3.05, 3.63) is 0 Å². The van der Waals surface area contributed by atoms with Gasteiger partial charge in [0.15, 0.2) is 0 Å². The van der Waals surface area contributed by atoms with E-state index >= 15 is 0 Å². The Morgan fingerprint density at radius 2 is 1.69 bits per heavy atom. The second-order valence-electron chi connectivity index (χ2n) is 4.07. The van der Waals surface area contributed by atoms with Crippen molar-refractivity contribution in [2.45, 2.75) is 53.0 Å². The molecule has 13 heavy (non-hydrogen) atoms. The predicted molar refractivity (Wildman–Crippen MR) is 56.6 cm³/mol. The molecule has 2 nitrogen and oxygen atoms in total. The number of carbonyl (C=O) groups is 1. The second-order valence-corrected chi connectivity index (χ2v) is 4.07. The molecule has 2 heteroatoms. The first-order chi connectivity index (χ1) is 6.02. The van der Waals surface area contributed by atoms with Crippen molar-refractivity contribution in [2.24, 2.45) is 5.92 Å². The Morgan fingerprint density at radius 3 is 2.00 bits per heavy atom. The standard InChI is InChI=1S/C11H23NO/c1-6-10(7-2)12(5)11(13)8-9(3)4/h9-10H,6-8H2,1-5H3. The molecule has 0 aliphatic carbocycles. The summed E-state index contributed by atoms with van der Waals surface area (Å²) in [5.74, 6) is 0.744. The lowest BCUT2D eigenvalue weighted by molar-refractivity contribution is -0.132. The van der Waals surface area contributed by atoms with Gasteiger partial charge in [-0.25, -0.2) is 0 Å². The van der Waals surface area contributed by atoms with Crippen molar-refractivity contribution >= 4 is 5.91 Å². The Balaban J connectivity index is 4.07. The van der Waals surface area contributed by atoms with E-state index in [0.717, 1.165) is 12.8 Å². The molecule has 0 unspecified atom stereocenters. The molecule has 0 bridgehead atoms. The fourth-order valence-electron chi connectivity index (χ4n) is 1.53. The van der Waals surface area contributed by atoms with Crippen LogP contribution in [0.4, 0.5) is 0 Å². The van der Waals surface area contributed by atoms with Crippen LogP contribution in [-0.2, 0) is 4.79 Å². The van der Waals surface area contributed by atoms with Gasteiger partial charge >= 0.3 is 0 Å². The summed E-state index contributed by atoms with van der Waals surface area (Å²) in [5.41, 5.74) is 0. The molecule has 0 spiro atoms.